The lowest BCUT2D eigenvalue weighted by atomic mass is 9.93. The first-order valence-electron chi connectivity index (χ1n) is 14.4. The van der Waals surface area contributed by atoms with Gasteiger partial charge in [-0.15, -0.1) is 0 Å². The maximum absolute atomic E-state index is 4.60. The van der Waals surface area contributed by atoms with E-state index >= 15 is 0 Å². The van der Waals surface area contributed by atoms with Crippen molar-refractivity contribution in [3.63, 3.8) is 0 Å². The van der Waals surface area contributed by atoms with Crippen LogP contribution >= 0.6 is 11.5 Å². The first-order valence-corrected chi connectivity index (χ1v) is 15.2. The second kappa shape index (κ2) is 15.6. The quantitative estimate of drug-likeness (QED) is 0.243. The highest BCUT2D eigenvalue weighted by atomic mass is 32.1. The van der Waals surface area contributed by atoms with Crippen LogP contribution in [-0.2, 0) is 6.42 Å². The van der Waals surface area contributed by atoms with E-state index in [2.05, 4.69) is 110 Å². The maximum atomic E-state index is 4.60. The number of hydrogen-bond donors (Lipinski definition) is 1. The van der Waals surface area contributed by atoms with Crippen LogP contribution in [-0.4, -0.2) is 24.0 Å². The summed E-state index contributed by atoms with van der Waals surface area (Å²) in [5.74, 6) is 2.92. The second-order valence-corrected chi connectivity index (χ2v) is 10.9. The fourth-order valence-corrected chi connectivity index (χ4v) is 6.21. The van der Waals surface area contributed by atoms with Crippen LogP contribution in [0.15, 0.2) is 66.9 Å². The van der Waals surface area contributed by atoms with Crippen LogP contribution < -0.4 is 10.2 Å². The third-order valence-corrected chi connectivity index (χ3v) is 8.29. The van der Waals surface area contributed by atoms with Crippen LogP contribution in [0, 0.1) is 11.8 Å². The highest BCUT2D eigenvalue weighted by Gasteiger charge is 2.25. The summed E-state index contributed by atoms with van der Waals surface area (Å²) in [5.41, 5.74) is 3.72. The monoisotopic (exact) mass is 517 g/mol. The van der Waals surface area contributed by atoms with E-state index in [4.69, 9.17) is 0 Å². The Morgan fingerprint density at radius 3 is 2.43 bits per heavy atom. The van der Waals surface area contributed by atoms with E-state index in [-0.39, 0.29) is 0 Å². The second-order valence-electron chi connectivity index (χ2n) is 10.1. The van der Waals surface area contributed by atoms with E-state index in [0.717, 1.165) is 43.6 Å². The number of allylic oxidation sites excluding steroid dienone is 1. The Hall–Kier alpha value is -2.59. The minimum atomic E-state index is 0.836. The molecular formula is C33H47N3S. The summed E-state index contributed by atoms with van der Waals surface area (Å²) in [6, 6.07) is 17.1. The van der Waals surface area contributed by atoms with Gasteiger partial charge in [0, 0.05) is 30.7 Å². The van der Waals surface area contributed by atoms with E-state index in [1.807, 2.05) is 0 Å². The van der Waals surface area contributed by atoms with Gasteiger partial charge in [0.1, 0.15) is 5.82 Å². The molecule has 2 unspecified atom stereocenters. The molecule has 3 nitrogen and oxygen atoms in total. The van der Waals surface area contributed by atoms with Crippen LogP contribution in [0.5, 0.6) is 0 Å². The Labute approximate surface area is 229 Å². The molecule has 37 heavy (non-hydrogen) atoms. The van der Waals surface area contributed by atoms with Gasteiger partial charge < -0.3 is 10.2 Å². The first-order chi connectivity index (χ1) is 18.1. The van der Waals surface area contributed by atoms with Crippen molar-refractivity contribution < 1.29 is 0 Å². The average Bonchev–Trinajstić information content (AvgIpc) is 3.58. The molecule has 4 rings (SSSR count). The number of nitrogens with one attached hydrogen (secondary N) is 1. The molecule has 1 N–H and O–H groups in total. The van der Waals surface area contributed by atoms with E-state index in [9.17, 15) is 0 Å². The minimum absolute atomic E-state index is 0.836. The summed E-state index contributed by atoms with van der Waals surface area (Å²) in [5, 5.41) is 4.82. The van der Waals surface area contributed by atoms with Crippen LogP contribution in [0.1, 0.15) is 77.3 Å². The Balaban J connectivity index is 0.000000213. The molecule has 1 aliphatic rings. The van der Waals surface area contributed by atoms with Crippen molar-refractivity contribution >= 4 is 33.5 Å². The summed E-state index contributed by atoms with van der Waals surface area (Å²) >= 11 is 1.60. The van der Waals surface area contributed by atoms with E-state index < -0.39 is 0 Å². The standard InChI is InChI=1S/C20H29N.C13H18N2S/c1-4-17-9-6-7-10-19(17)14-13-16(3)21-15-20-12-8-11-18(20)5-2;1-3-9-15(10-4-2)13-11-7-5-6-8-12(11)16-14-13/h6-7,9-10,13-14,18,20-21H,3-5,8,11-12,15H2,1-2H3;5-8H,3-4,9-10H2,1-2H3/b14-13+;. The zero-order valence-corrected chi connectivity index (χ0v) is 24.3. The lowest BCUT2D eigenvalue weighted by Gasteiger charge is -2.21. The largest absolute Gasteiger partial charge is 0.385 e. The molecule has 2 aromatic carbocycles. The molecule has 0 bridgehead atoms. The third kappa shape index (κ3) is 8.46. The van der Waals surface area contributed by atoms with Crippen molar-refractivity contribution in [1.82, 2.24) is 9.69 Å². The van der Waals surface area contributed by atoms with Gasteiger partial charge in [0.05, 0.1) is 4.70 Å². The number of benzene rings is 2. The maximum Gasteiger partial charge on any atom is 0.150 e. The molecular weight excluding hydrogens is 470 g/mol. The lowest BCUT2D eigenvalue weighted by Crippen LogP contribution is -2.25. The van der Waals surface area contributed by atoms with Crippen LogP contribution in [0.25, 0.3) is 16.2 Å². The number of nitrogens with zero attached hydrogens (tertiary/aromatic N) is 2. The number of fused-ring (bicyclic) bond motifs is 1. The predicted octanol–water partition coefficient (Wildman–Crippen LogP) is 9.11. The molecule has 4 heteroatoms. The minimum Gasteiger partial charge on any atom is -0.385 e. The lowest BCUT2D eigenvalue weighted by molar-refractivity contribution is 0.369. The number of rotatable bonds is 12. The van der Waals surface area contributed by atoms with Gasteiger partial charge in [-0.1, -0.05) is 96.0 Å². The fraction of sp³-hybridized carbons (Fsp3) is 0.485. The molecule has 200 valence electrons. The van der Waals surface area contributed by atoms with Crippen LogP contribution in [0.3, 0.4) is 0 Å². The number of hydrogen-bond acceptors (Lipinski definition) is 4. The van der Waals surface area contributed by atoms with Gasteiger partial charge in [-0.25, -0.2) is 0 Å². The number of anilines is 1. The van der Waals surface area contributed by atoms with Crippen molar-refractivity contribution in [3.05, 3.63) is 78.0 Å². The fourth-order valence-electron chi connectivity index (χ4n) is 5.41. The highest BCUT2D eigenvalue weighted by Crippen LogP contribution is 2.33. The summed E-state index contributed by atoms with van der Waals surface area (Å²) in [7, 11) is 0. The van der Waals surface area contributed by atoms with E-state index in [1.165, 1.54) is 65.6 Å². The summed E-state index contributed by atoms with van der Waals surface area (Å²) in [6.45, 7) is 16.4. The van der Waals surface area contributed by atoms with E-state index in [1.54, 1.807) is 11.5 Å². The van der Waals surface area contributed by atoms with Crippen molar-refractivity contribution in [2.45, 2.75) is 72.6 Å². The predicted molar refractivity (Wildman–Crippen MR) is 166 cm³/mol. The van der Waals surface area contributed by atoms with Gasteiger partial charge in [0.2, 0.25) is 0 Å². The molecule has 3 aromatic rings. The third-order valence-electron chi connectivity index (χ3n) is 7.48. The first kappa shape index (κ1) is 29.0. The SMILES string of the molecule is C=C(/C=C/c1ccccc1CC)NCC1CCCC1CC.CCCN(CCC)c1nsc2ccccc12. The van der Waals surface area contributed by atoms with Gasteiger partial charge in [-0.3, -0.25) is 0 Å². The van der Waals surface area contributed by atoms with Gasteiger partial charge in [0.25, 0.3) is 0 Å². The highest BCUT2D eigenvalue weighted by molar-refractivity contribution is 7.13. The van der Waals surface area contributed by atoms with Crippen molar-refractivity contribution in [2.24, 2.45) is 11.8 Å². The number of aryl methyl sites for hydroxylation is 1. The molecule has 0 saturated heterocycles. The molecule has 1 heterocycles. The summed E-state index contributed by atoms with van der Waals surface area (Å²) in [6.07, 6.45) is 13.2. The molecule has 1 aromatic heterocycles. The smallest absolute Gasteiger partial charge is 0.150 e. The Kier molecular flexibility index (Phi) is 12.2. The molecule has 0 radical (unpaired) electrons. The summed E-state index contributed by atoms with van der Waals surface area (Å²) < 4.78 is 5.89. The van der Waals surface area contributed by atoms with Gasteiger partial charge in [-0.05, 0) is 78.4 Å². The summed E-state index contributed by atoms with van der Waals surface area (Å²) in [4.78, 5) is 2.40. The normalized spacial score (nSPS) is 17.1. The molecule has 0 aliphatic heterocycles. The van der Waals surface area contributed by atoms with Gasteiger partial charge >= 0.3 is 0 Å². The topological polar surface area (TPSA) is 28.2 Å². The zero-order chi connectivity index (χ0) is 26.5. The molecule has 2 atom stereocenters. The molecule has 0 spiro atoms. The Bertz CT molecular complexity index is 1110. The van der Waals surface area contributed by atoms with Crippen molar-refractivity contribution in [2.75, 3.05) is 24.5 Å². The van der Waals surface area contributed by atoms with Crippen LogP contribution in [0.2, 0.25) is 0 Å². The van der Waals surface area contributed by atoms with Gasteiger partial charge in [0.15, 0.2) is 0 Å². The molecule has 1 fully saturated rings. The van der Waals surface area contributed by atoms with E-state index in [0.29, 0.717) is 0 Å². The molecule has 1 aliphatic carbocycles. The van der Waals surface area contributed by atoms with Crippen molar-refractivity contribution in [1.29, 1.82) is 0 Å². The Morgan fingerprint density at radius 2 is 1.70 bits per heavy atom. The Morgan fingerprint density at radius 1 is 1.00 bits per heavy atom. The molecule has 1 saturated carbocycles. The van der Waals surface area contributed by atoms with Gasteiger partial charge in [-0.2, -0.15) is 4.37 Å². The van der Waals surface area contributed by atoms with Crippen LogP contribution in [0.4, 0.5) is 5.82 Å². The van der Waals surface area contributed by atoms with Crippen molar-refractivity contribution in [3.8, 4) is 0 Å². The molecule has 0 amide bonds. The zero-order valence-electron chi connectivity index (χ0n) is 23.5. The number of aromatic nitrogens is 1. The average molecular weight is 518 g/mol.